The van der Waals surface area contributed by atoms with Gasteiger partial charge in [-0.1, -0.05) is 26.7 Å². The Kier molecular flexibility index (Phi) is 5.88. The summed E-state index contributed by atoms with van der Waals surface area (Å²) >= 11 is 0. The monoisotopic (exact) mass is 280 g/mol. The molecule has 0 aromatic heterocycles. The third-order valence-electron chi connectivity index (χ3n) is 5.15. The first-order valence-electron chi connectivity index (χ1n) is 8.58. The van der Waals surface area contributed by atoms with Gasteiger partial charge in [-0.25, -0.2) is 0 Å². The van der Waals surface area contributed by atoms with E-state index in [1.54, 1.807) is 0 Å². The fraction of sp³-hybridized carbons (Fsp3) is 0.941. The molecule has 0 radical (unpaired) electrons. The van der Waals surface area contributed by atoms with Crippen LogP contribution in [0.25, 0.3) is 0 Å². The molecule has 2 fully saturated rings. The molecule has 0 saturated heterocycles. The number of nitrogens with one attached hydrogen (secondary N) is 1. The summed E-state index contributed by atoms with van der Waals surface area (Å²) in [5, 5.41) is 3.26. The topological polar surface area (TPSA) is 55.1 Å². The predicted molar refractivity (Wildman–Crippen MR) is 83.3 cm³/mol. The Balaban J connectivity index is 1.67. The molecule has 4 atom stereocenters. The fourth-order valence-electron chi connectivity index (χ4n) is 4.29. The SMILES string of the molecule is CC1CC(C)CC(NC(=O)CCC2CCCC(N)C2)C1. The van der Waals surface area contributed by atoms with Crippen LogP contribution in [-0.2, 0) is 4.79 Å². The normalized spacial score (nSPS) is 38.5. The van der Waals surface area contributed by atoms with E-state index >= 15 is 0 Å². The summed E-state index contributed by atoms with van der Waals surface area (Å²) in [6, 6.07) is 0.784. The summed E-state index contributed by atoms with van der Waals surface area (Å²) in [7, 11) is 0. The van der Waals surface area contributed by atoms with Crippen LogP contribution in [0.5, 0.6) is 0 Å². The molecule has 2 aliphatic carbocycles. The molecule has 2 rings (SSSR count). The van der Waals surface area contributed by atoms with E-state index in [9.17, 15) is 4.79 Å². The van der Waals surface area contributed by atoms with Crippen molar-refractivity contribution in [1.82, 2.24) is 5.32 Å². The Morgan fingerprint density at radius 3 is 2.45 bits per heavy atom. The second-order valence-electron chi connectivity index (χ2n) is 7.51. The molecule has 0 heterocycles. The van der Waals surface area contributed by atoms with E-state index in [1.807, 2.05) is 0 Å². The highest BCUT2D eigenvalue weighted by Gasteiger charge is 2.25. The van der Waals surface area contributed by atoms with Crippen LogP contribution in [0, 0.1) is 17.8 Å². The average molecular weight is 280 g/mol. The van der Waals surface area contributed by atoms with Gasteiger partial charge in [0.05, 0.1) is 0 Å². The molecule has 2 saturated carbocycles. The zero-order chi connectivity index (χ0) is 14.5. The molecule has 2 aliphatic rings. The predicted octanol–water partition coefficient (Wildman–Crippen LogP) is 3.23. The summed E-state index contributed by atoms with van der Waals surface area (Å²) in [5.74, 6) is 2.44. The van der Waals surface area contributed by atoms with Crippen LogP contribution in [0.2, 0.25) is 0 Å². The van der Waals surface area contributed by atoms with Crippen LogP contribution >= 0.6 is 0 Å². The zero-order valence-corrected chi connectivity index (χ0v) is 13.2. The van der Waals surface area contributed by atoms with E-state index in [0.717, 1.165) is 37.5 Å². The molecule has 3 heteroatoms. The minimum absolute atomic E-state index is 0.260. The number of carbonyl (C=O) groups is 1. The molecule has 116 valence electrons. The van der Waals surface area contributed by atoms with Crippen molar-refractivity contribution in [3.8, 4) is 0 Å². The standard InChI is InChI=1S/C17H32N2O/c1-12-8-13(2)10-16(9-12)19-17(20)7-6-14-4-3-5-15(18)11-14/h12-16H,3-11,18H2,1-2H3,(H,19,20). The first-order valence-corrected chi connectivity index (χ1v) is 8.58. The van der Waals surface area contributed by atoms with Crippen LogP contribution in [0.3, 0.4) is 0 Å². The minimum Gasteiger partial charge on any atom is -0.353 e. The van der Waals surface area contributed by atoms with E-state index in [4.69, 9.17) is 5.73 Å². The summed E-state index contributed by atoms with van der Waals surface area (Å²) < 4.78 is 0. The Hall–Kier alpha value is -0.570. The van der Waals surface area contributed by atoms with Gasteiger partial charge in [0.25, 0.3) is 0 Å². The molecule has 1 amide bonds. The van der Waals surface area contributed by atoms with Gasteiger partial charge in [0.2, 0.25) is 5.91 Å². The maximum atomic E-state index is 12.1. The van der Waals surface area contributed by atoms with Crippen LogP contribution in [-0.4, -0.2) is 18.0 Å². The van der Waals surface area contributed by atoms with Crippen LogP contribution in [0.15, 0.2) is 0 Å². The Labute approximate surface area is 124 Å². The number of rotatable bonds is 4. The van der Waals surface area contributed by atoms with Gasteiger partial charge < -0.3 is 11.1 Å². The molecule has 0 bridgehead atoms. The third kappa shape index (κ3) is 5.08. The van der Waals surface area contributed by atoms with Crippen molar-refractivity contribution in [2.45, 2.75) is 83.7 Å². The highest BCUT2D eigenvalue weighted by molar-refractivity contribution is 5.76. The van der Waals surface area contributed by atoms with Crippen molar-refractivity contribution in [3.05, 3.63) is 0 Å². The van der Waals surface area contributed by atoms with Gasteiger partial charge in [0, 0.05) is 18.5 Å². The van der Waals surface area contributed by atoms with Crippen molar-refractivity contribution in [2.24, 2.45) is 23.5 Å². The summed E-state index contributed by atoms with van der Waals surface area (Å²) in [4.78, 5) is 12.1. The lowest BCUT2D eigenvalue weighted by molar-refractivity contribution is -0.122. The Morgan fingerprint density at radius 1 is 1.10 bits per heavy atom. The quantitative estimate of drug-likeness (QED) is 0.830. The second-order valence-corrected chi connectivity index (χ2v) is 7.51. The van der Waals surface area contributed by atoms with Gasteiger partial charge in [-0.15, -0.1) is 0 Å². The van der Waals surface area contributed by atoms with Gasteiger partial charge in [0.1, 0.15) is 0 Å². The highest BCUT2D eigenvalue weighted by atomic mass is 16.1. The molecular formula is C17H32N2O. The Bertz CT molecular complexity index is 308. The third-order valence-corrected chi connectivity index (χ3v) is 5.15. The van der Waals surface area contributed by atoms with Crippen molar-refractivity contribution < 1.29 is 4.79 Å². The lowest BCUT2D eigenvalue weighted by atomic mass is 9.80. The molecule has 0 spiro atoms. The van der Waals surface area contributed by atoms with Gasteiger partial charge in [0.15, 0.2) is 0 Å². The summed E-state index contributed by atoms with van der Waals surface area (Å²) in [6.07, 6.45) is 10.1. The molecule has 20 heavy (non-hydrogen) atoms. The molecule has 4 unspecified atom stereocenters. The van der Waals surface area contributed by atoms with Crippen molar-refractivity contribution >= 4 is 5.91 Å². The number of amides is 1. The van der Waals surface area contributed by atoms with Crippen LogP contribution < -0.4 is 11.1 Å². The minimum atomic E-state index is 0.260. The maximum Gasteiger partial charge on any atom is 0.220 e. The molecular weight excluding hydrogens is 248 g/mol. The van der Waals surface area contributed by atoms with Crippen molar-refractivity contribution in [3.63, 3.8) is 0 Å². The number of carbonyl (C=O) groups excluding carboxylic acids is 1. The van der Waals surface area contributed by atoms with Crippen LogP contribution in [0.4, 0.5) is 0 Å². The fourth-order valence-corrected chi connectivity index (χ4v) is 4.29. The highest BCUT2D eigenvalue weighted by Crippen LogP contribution is 2.29. The van der Waals surface area contributed by atoms with E-state index in [0.29, 0.717) is 24.4 Å². The molecule has 0 aromatic carbocycles. The second kappa shape index (κ2) is 7.44. The van der Waals surface area contributed by atoms with Crippen molar-refractivity contribution in [1.29, 1.82) is 0 Å². The molecule has 3 N–H and O–H groups in total. The van der Waals surface area contributed by atoms with Gasteiger partial charge in [-0.05, 0) is 56.3 Å². The number of hydrogen-bond acceptors (Lipinski definition) is 2. The van der Waals surface area contributed by atoms with E-state index < -0.39 is 0 Å². The summed E-state index contributed by atoms with van der Waals surface area (Å²) in [5.41, 5.74) is 6.01. The smallest absolute Gasteiger partial charge is 0.220 e. The van der Waals surface area contributed by atoms with E-state index in [2.05, 4.69) is 19.2 Å². The van der Waals surface area contributed by atoms with Crippen molar-refractivity contribution in [2.75, 3.05) is 0 Å². The molecule has 0 aromatic rings. The average Bonchev–Trinajstić information content (AvgIpc) is 2.35. The summed E-state index contributed by atoms with van der Waals surface area (Å²) in [6.45, 7) is 4.61. The van der Waals surface area contributed by atoms with Gasteiger partial charge >= 0.3 is 0 Å². The van der Waals surface area contributed by atoms with Crippen LogP contribution in [0.1, 0.15) is 71.6 Å². The lowest BCUT2D eigenvalue weighted by Crippen LogP contribution is -2.40. The zero-order valence-electron chi connectivity index (χ0n) is 13.2. The first kappa shape index (κ1) is 15.8. The number of nitrogens with two attached hydrogens (primary N) is 1. The molecule has 3 nitrogen and oxygen atoms in total. The molecule has 0 aliphatic heterocycles. The van der Waals surface area contributed by atoms with E-state index in [-0.39, 0.29) is 5.91 Å². The first-order chi connectivity index (χ1) is 9.52. The Morgan fingerprint density at radius 2 is 1.80 bits per heavy atom. The number of hydrogen-bond donors (Lipinski definition) is 2. The van der Waals surface area contributed by atoms with E-state index in [1.165, 1.54) is 25.7 Å². The lowest BCUT2D eigenvalue weighted by Gasteiger charge is -2.32. The van der Waals surface area contributed by atoms with Gasteiger partial charge in [-0.3, -0.25) is 4.79 Å². The maximum absolute atomic E-state index is 12.1. The van der Waals surface area contributed by atoms with Gasteiger partial charge in [-0.2, -0.15) is 0 Å². The largest absolute Gasteiger partial charge is 0.353 e.